The molecule has 27 heavy (non-hydrogen) atoms. The highest BCUT2D eigenvalue weighted by atomic mass is 16.2. The van der Waals surface area contributed by atoms with E-state index in [0.717, 1.165) is 28.8 Å². The number of fused-ring (bicyclic) bond motifs is 1. The van der Waals surface area contributed by atoms with Gasteiger partial charge in [0.25, 0.3) is 0 Å². The van der Waals surface area contributed by atoms with E-state index in [-0.39, 0.29) is 12.1 Å². The minimum absolute atomic E-state index is 0.0548. The van der Waals surface area contributed by atoms with E-state index in [2.05, 4.69) is 11.4 Å². The number of carbonyl (C=O) groups excluding carboxylic acids is 1. The maximum atomic E-state index is 13.0. The monoisotopic (exact) mass is 357 g/mol. The highest BCUT2D eigenvalue weighted by Gasteiger charge is 2.24. The maximum Gasteiger partial charge on any atom is 0.318 e. The molecule has 136 valence electrons. The number of carbonyl (C=O) groups is 1. The summed E-state index contributed by atoms with van der Waals surface area (Å²) in [4.78, 5) is 14.9. The Morgan fingerprint density at radius 3 is 2.15 bits per heavy atom. The van der Waals surface area contributed by atoms with Crippen molar-refractivity contribution in [1.82, 2.24) is 10.2 Å². The van der Waals surface area contributed by atoms with E-state index >= 15 is 0 Å². The van der Waals surface area contributed by atoms with Crippen molar-refractivity contribution in [2.45, 2.75) is 19.0 Å². The van der Waals surface area contributed by atoms with Gasteiger partial charge < -0.3 is 16.0 Å². The third-order valence-electron chi connectivity index (χ3n) is 5.06. The number of rotatable bonds is 3. The smallest absolute Gasteiger partial charge is 0.318 e. The zero-order valence-electron chi connectivity index (χ0n) is 15.1. The Morgan fingerprint density at radius 1 is 0.889 bits per heavy atom. The lowest BCUT2D eigenvalue weighted by Gasteiger charge is -2.31. The summed E-state index contributed by atoms with van der Waals surface area (Å²) in [6, 6.07) is 25.9. The molecule has 0 unspecified atom stereocenters. The first-order valence-electron chi connectivity index (χ1n) is 9.23. The van der Waals surface area contributed by atoms with Crippen LogP contribution in [-0.4, -0.2) is 17.5 Å². The molecule has 4 rings (SSSR count). The number of nitrogen functional groups attached to an aromatic ring is 1. The fraction of sp³-hybridized carbons (Fsp3) is 0.174. The number of urea groups is 1. The normalized spacial score (nSPS) is 13.3. The van der Waals surface area contributed by atoms with Gasteiger partial charge in [0.1, 0.15) is 0 Å². The van der Waals surface area contributed by atoms with Gasteiger partial charge in [-0.1, -0.05) is 66.7 Å². The minimum atomic E-state index is -0.179. The summed E-state index contributed by atoms with van der Waals surface area (Å²) in [5.74, 6) is 0. The van der Waals surface area contributed by atoms with Gasteiger partial charge in [-0.25, -0.2) is 4.79 Å². The lowest BCUT2D eigenvalue weighted by atomic mass is 9.98. The molecule has 1 aliphatic rings. The second-order valence-electron chi connectivity index (χ2n) is 6.90. The van der Waals surface area contributed by atoms with Crippen LogP contribution in [-0.2, 0) is 13.0 Å². The van der Waals surface area contributed by atoms with E-state index in [9.17, 15) is 4.79 Å². The van der Waals surface area contributed by atoms with Gasteiger partial charge in [-0.15, -0.1) is 0 Å². The Labute approximate surface area is 159 Å². The van der Waals surface area contributed by atoms with Crippen molar-refractivity contribution < 1.29 is 4.79 Å². The summed E-state index contributed by atoms with van der Waals surface area (Å²) in [5.41, 5.74) is 11.2. The number of nitrogens with one attached hydrogen (secondary N) is 1. The topological polar surface area (TPSA) is 58.4 Å². The third kappa shape index (κ3) is 3.80. The standard InChI is InChI=1S/C23H23N3O/c24-21-12-11-17-13-14-26(16-20(17)15-21)23(27)25-22(18-7-3-1-4-8-18)19-9-5-2-6-10-19/h1-12,15,22H,13-14,16,24H2,(H,25,27). The first-order chi connectivity index (χ1) is 13.2. The first-order valence-corrected chi connectivity index (χ1v) is 9.23. The highest BCUT2D eigenvalue weighted by Crippen LogP contribution is 2.24. The van der Waals surface area contributed by atoms with Crippen LogP contribution in [0.5, 0.6) is 0 Å². The van der Waals surface area contributed by atoms with Gasteiger partial charge in [0.15, 0.2) is 0 Å². The van der Waals surface area contributed by atoms with Gasteiger partial charge >= 0.3 is 6.03 Å². The molecular formula is C23H23N3O. The summed E-state index contributed by atoms with van der Waals surface area (Å²) in [7, 11) is 0. The minimum Gasteiger partial charge on any atom is -0.399 e. The molecule has 0 radical (unpaired) electrons. The van der Waals surface area contributed by atoms with Crippen molar-refractivity contribution in [3.8, 4) is 0 Å². The summed E-state index contributed by atoms with van der Waals surface area (Å²) in [5, 5.41) is 3.22. The van der Waals surface area contributed by atoms with E-state index in [4.69, 9.17) is 5.73 Å². The number of nitrogens with two attached hydrogens (primary N) is 1. The Bertz CT molecular complexity index is 885. The van der Waals surface area contributed by atoms with E-state index in [1.165, 1.54) is 5.56 Å². The molecule has 0 fully saturated rings. The quantitative estimate of drug-likeness (QED) is 0.693. The van der Waals surface area contributed by atoms with Crippen LogP contribution >= 0.6 is 0 Å². The van der Waals surface area contributed by atoms with Crippen molar-refractivity contribution >= 4 is 11.7 Å². The van der Waals surface area contributed by atoms with Crippen LogP contribution in [0.4, 0.5) is 10.5 Å². The van der Waals surface area contributed by atoms with Crippen molar-refractivity contribution in [3.05, 3.63) is 101 Å². The molecule has 2 amide bonds. The highest BCUT2D eigenvalue weighted by molar-refractivity contribution is 5.76. The van der Waals surface area contributed by atoms with Gasteiger partial charge in [0.2, 0.25) is 0 Å². The van der Waals surface area contributed by atoms with Crippen LogP contribution < -0.4 is 11.1 Å². The van der Waals surface area contributed by atoms with Crippen molar-refractivity contribution in [1.29, 1.82) is 0 Å². The Balaban J connectivity index is 1.56. The summed E-state index contributed by atoms with van der Waals surface area (Å²) < 4.78 is 0. The van der Waals surface area contributed by atoms with Crippen LogP contribution in [0.25, 0.3) is 0 Å². The summed E-state index contributed by atoms with van der Waals surface area (Å²) in [6.45, 7) is 1.29. The molecule has 0 saturated carbocycles. The van der Waals surface area contributed by atoms with Gasteiger partial charge in [-0.3, -0.25) is 0 Å². The van der Waals surface area contributed by atoms with Crippen molar-refractivity contribution in [3.63, 3.8) is 0 Å². The fourth-order valence-corrected chi connectivity index (χ4v) is 3.62. The predicted octanol–water partition coefficient (Wildman–Crippen LogP) is 4.13. The van der Waals surface area contributed by atoms with E-state index in [1.54, 1.807) is 0 Å². The van der Waals surface area contributed by atoms with Crippen LogP contribution in [0.15, 0.2) is 78.9 Å². The van der Waals surface area contributed by atoms with Crippen molar-refractivity contribution in [2.24, 2.45) is 0 Å². The fourth-order valence-electron chi connectivity index (χ4n) is 3.62. The van der Waals surface area contributed by atoms with E-state index in [0.29, 0.717) is 13.1 Å². The molecule has 0 bridgehead atoms. The lowest BCUT2D eigenvalue weighted by Crippen LogP contribution is -2.44. The zero-order chi connectivity index (χ0) is 18.6. The van der Waals surface area contributed by atoms with Crippen LogP contribution in [0.2, 0.25) is 0 Å². The predicted molar refractivity (Wildman–Crippen MR) is 108 cm³/mol. The van der Waals surface area contributed by atoms with E-state index in [1.807, 2.05) is 77.7 Å². The second-order valence-corrected chi connectivity index (χ2v) is 6.90. The molecule has 1 heterocycles. The van der Waals surface area contributed by atoms with Gasteiger partial charge in [0.05, 0.1) is 6.04 Å². The average molecular weight is 357 g/mol. The zero-order valence-corrected chi connectivity index (χ0v) is 15.1. The Hall–Kier alpha value is -3.27. The van der Waals surface area contributed by atoms with Crippen LogP contribution in [0.3, 0.4) is 0 Å². The number of anilines is 1. The largest absolute Gasteiger partial charge is 0.399 e. The number of hydrogen-bond acceptors (Lipinski definition) is 2. The molecule has 0 aliphatic carbocycles. The SMILES string of the molecule is Nc1ccc2c(c1)CN(C(=O)NC(c1ccccc1)c1ccccc1)CC2. The molecule has 1 aliphatic heterocycles. The number of hydrogen-bond donors (Lipinski definition) is 2. The van der Waals surface area contributed by atoms with Crippen LogP contribution in [0, 0.1) is 0 Å². The van der Waals surface area contributed by atoms with Crippen LogP contribution in [0.1, 0.15) is 28.3 Å². The Morgan fingerprint density at radius 2 is 1.52 bits per heavy atom. The van der Waals surface area contributed by atoms with Gasteiger partial charge in [0, 0.05) is 18.8 Å². The molecule has 0 atom stereocenters. The van der Waals surface area contributed by atoms with Gasteiger partial charge in [-0.05, 0) is 40.8 Å². The molecule has 0 aromatic heterocycles. The first kappa shape index (κ1) is 17.2. The Kier molecular flexibility index (Phi) is 4.79. The molecule has 3 aromatic carbocycles. The van der Waals surface area contributed by atoms with E-state index < -0.39 is 0 Å². The lowest BCUT2D eigenvalue weighted by molar-refractivity contribution is 0.190. The maximum absolute atomic E-state index is 13.0. The molecule has 4 nitrogen and oxygen atoms in total. The molecular weight excluding hydrogens is 334 g/mol. The second kappa shape index (κ2) is 7.54. The number of benzene rings is 3. The number of nitrogens with zero attached hydrogens (tertiary/aromatic N) is 1. The van der Waals surface area contributed by atoms with Gasteiger partial charge in [-0.2, -0.15) is 0 Å². The number of amides is 2. The third-order valence-corrected chi connectivity index (χ3v) is 5.06. The molecule has 4 heteroatoms. The van der Waals surface area contributed by atoms with Crippen molar-refractivity contribution in [2.75, 3.05) is 12.3 Å². The average Bonchev–Trinajstić information content (AvgIpc) is 2.72. The molecule has 3 N–H and O–H groups in total. The molecule has 0 spiro atoms. The molecule has 0 saturated heterocycles. The summed E-state index contributed by atoms with van der Waals surface area (Å²) in [6.07, 6.45) is 0.852. The summed E-state index contributed by atoms with van der Waals surface area (Å²) >= 11 is 0. The molecule has 3 aromatic rings.